The molecule has 0 saturated carbocycles. The lowest BCUT2D eigenvalue weighted by molar-refractivity contribution is 0.0327. The van der Waals surface area contributed by atoms with Crippen molar-refractivity contribution in [2.24, 2.45) is 0 Å². The maximum absolute atomic E-state index is 10.2. The predicted octanol–water partition coefficient (Wildman–Crippen LogP) is 1.12. The molecule has 1 aliphatic heterocycles. The van der Waals surface area contributed by atoms with Crippen LogP contribution in [0.15, 0.2) is 24.3 Å². The van der Waals surface area contributed by atoms with Crippen molar-refractivity contribution < 1.29 is 14.9 Å². The summed E-state index contributed by atoms with van der Waals surface area (Å²) in [5.74, 6) is 0.838. The zero-order valence-electron chi connectivity index (χ0n) is 14.3. The summed E-state index contributed by atoms with van der Waals surface area (Å²) < 4.78 is 5.71. The molecule has 2 atom stereocenters. The van der Waals surface area contributed by atoms with E-state index in [1.54, 1.807) is 0 Å². The molecule has 0 aromatic heterocycles. The van der Waals surface area contributed by atoms with E-state index in [0.29, 0.717) is 13.2 Å². The Hall–Kier alpha value is -1.14. The Morgan fingerprint density at radius 1 is 1.00 bits per heavy atom. The molecule has 130 valence electrons. The van der Waals surface area contributed by atoms with Crippen molar-refractivity contribution >= 4 is 0 Å². The number of hydrogen-bond donors (Lipinski definition) is 2. The molecule has 0 spiro atoms. The average molecular weight is 322 g/mol. The monoisotopic (exact) mass is 322 g/mol. The molecule has 2 N–H and O–H groups in total. The van der Waals surface area contributed by atoms with Gasteiger partial charge in [0.15, 0.2) is 0 Å². The summed E-state index contributed by atoms with van der Waals surface area (Å²) in [6.45, 7) is 9.47. The SMILES string of the molecule is CCC(O)CN1CCN(CC(O)COc2ccccc2C)CC1. The standard InChI is InChI=1S/C18H30N2O3/c1-3-16(21)12-19-8-10-20(11-9-19)13-17(22)14-23-18-7-5-4-6-15(18)2/h4-7,16-17,21-22H,3,8-14H2,1-2H3. The number of aliphatic hydroxyl groups excluding tert-OH is 2. The molecule has 23 heavy (non-hydrogen) atoms. The van der Waals surface area contributed by atoms with Crippen LogP contribution in [0, 0.1) is 6.92 Å². The van der Waals surface area contributed by atoms with E-state index >= 15 is 0 Å². The summed E-state index contributed by atoms with van der Waals surface area (Å²) in [5.41, 5.74) is 1.09. The lowest BCUT2D eigenvalue weighted by Gasteiger charge is -2.36. The van der Waals surface area contributed by atoms with E-state index < -0.39 is 6.10 Å². The van der Waals surface area contributed by atoms with Gasteiger partial charge in [-0.05, 0) is 25.0 Å². The van der Waals surface area contributed by atoms with Crippen LogP contribution in [0.2, 0.25) is 0 Å². The highest BCUT2D eigenvalue weighted by Gasteiger charge is 2.20. The maximum Gasteiger partial charge on any atom is 0.122 e. The summed E-state index contributed by atoms with van der Waals surface area (Å²) in [4.78, 5) is 4.56. The van der Waals surface area contributed by atoms with Gasteiger partial charge in [-0.2, -0.15) is 0 Å². The van der Waals surface area contributed by atoms with E-state index in [9.17, 15) is 10.2 Å². The molecule has 0 radical (unpaired) electrons. The van der Waals surface area contributed by atoms with Crippen LogP contribution in [0.25, 0.3) is 0 Å². The van der Waals surface area contributed by atoms with Crippen LogP contribution >= 0.6 is 0 Å². The number of hydrogen-bond acceptors (Lipinski definition) is 5. The van der Waals surface area contributed by atoms with Gasteiger partial charge >= 0.3 is 0 Å². The van der Waals surface area contributed by atoms with Gasteiger partial charge in [0.05, 0.1) is 6.10 Å². The predicted molar refractivity (Wildman–Crippen MR) is 91.9 cm³/mol. The first-order valence-electron chi connectivity index (χ1n) is 8.57. The minimum Gasteiger partial charge on any atom is -0.491 e. The number of ether oxygens (including phenoxy) is 1. The minimum absolute atomic E-state index is 0.227. The van der Waals surface area contributed by atoms with Gasteiger partial charge < -0.3 is 14.9 Å². The highest BCUT2D eigenvalue weighted by molar-refractivity contribution is 5.31. The number of aryl methyl sites for hydroxylation is 1. The highest BCUT2D eigenvalue weighted by Crippen LogP contribution is 2.16. The van der Waals surface area contributed by atoms with Gasteiger partial charge in [-0.15, -0.1) is 0 Å². The summed E-state index contributed by atoms with van der Waals surface area (Å²) >= 11 is 0. The molecule has 5 nitrogen and oxygen atoms in total. The maximum atomic E-state index is 10.2. The normalized spacial score (nSPS) is 19.5. The third-order valence-electron chi connectivity index (χ3n) is 4.40. The minimum atomic E-state index is -0.484. The Labute approximate surface area is 139 Å². The Kier molecular flexibility index (Phi) is 7.30. The van der Waals surface area contributed by atoms with Crippen LogP contribution < -0.4 is 4.74 Å². The van der Waals surface area contributed by atoms with Gasteiger partial charge in [-0.25, -0.2) is 0 Å². The molecule has 1 aliphatic rings. The topological polar surface area (TPSA) is 56.2 Å². The second kappa shape index (κ2) is 9.23. The summed E-state index contributed by atoms with van der Waals surface area (Å²) in [5, 5.41) is 19.9. The second-order valence-electron chi connectivity index (χ2n) is 6.39. The molecular formula is C18H30N2O3. The number of rotatable bonds is 8. The number of piperazine rings is 1. The van der Waals surface area contributed by atoms with Crippen LogP contribution in [-0.2, 0) is 0 Å². The average Bonchev–Trinajstić information content (AvgIpc) is 2.56. The van der Waals surface area contributed by atoms with Crippen molar-refractivity contribution in [1.82, 2.24) is 9.80 Å². The Morgan fingerprint density at radius 2 is 1.57 bits per heavy atom. The number of nitrogens with zero attached hydrogens (tertiary/aromatic N) is 2. The fourth-order valence-electron chi connectivity index (χ4n) is 2.84. The van der Waals surface area contributed by atoms with Crippen molar-refractivity contribution in [3.8, 4) is 5.75 Å². The van der Waals surface area contributed by atoms with E-state index in [0.717, 1.165) is 50.5 Å². The second-order valence-corrected chi connectivity index (χ2v) is 6.39. The molecule has 0 aliphatic carbocycles. The molecule has 2 rings (SSSR count). The lowest BCUT2D eigenvalue weighted by atomic mass is 10.2. The smallest absolute Gasteiger partial charge is 0.122 e. The van der Waals surface area contributed by atoms with Crippen LogP contribution in [0.5, 0.6) is 5.75 Å². The largest absolute Gasteiger partial charge is 0.491 e. The summed E-state index contributed by atoms with van der Waals surface area (Å²) in [7, 11) is 0. The molecule has 0 amide bonds. The number of benzene rings is 1. The number of aliphatic hydroxyl groups is 2. The molecule has 1 aromatic carbocycles. The van der Waals surface area contributed by atoms with Crippen molar-refractivity contribution in [2.75, 3.05) is 45.9 Å². The third-order valence-corrected chi connectivity index (χ3v) is 4.40. The van der Waals surface area contributed by atoms with Crippen molar-refractivity contribution in [1.29, 1.82) is 0 Å². The lowest BCUT2D eigenvalue weighted by Crippen LogP contribution is -2.50. The van der Waals surface area contributed by atoms with Gasteiger partial charge in [-0.1, -0.05) is 25.1 Å². The van der Waals surface area contributed by atoms with Crippen LogP contribution in [0.4, 0.5) is 0 Å². The first-order valence-corrected chi connectivity index (χ1v) is 8.57. The van der Waals surface area contributed by atoms with E-state index in [1.807, 2.05) is 38.1 Å². The van der Waals surface area contributed by atoms with Crippen LogP contribution in [-0.4, -0.2) is 78.1 Å². The van der Waals surface area contributed by atoms with E-state index in [2.05, 4.69) is 9.80 Å². The molecule has 1 aromatic rings. The van der Waals surface area contributed by atoms with Crippen LogP contribution in [0.1, 0.15) is 18.9 Å². The van der Waals surface area contributed by atoms with Crippen molar-refractivity contribution in [3.63, 3.8) is 0 Å². The quantitative estimate of drug-likeness (QED) is 0.751. The molecule has 1 fully saturated rings. The van der Waals surface area contributed by atoms with Crippen molar-refractivity contribution in [3.05, 3.63) is 29.8 Å². The molecule has 1 heterocycles. The zero-order valence-corrected chi connectivity index (χ0v) is 14.3. The third kappa shape index (κ3) is 6.11. The number of β-amino-alcohol motifs (C(OH)–C–C–N with tert-alkyl or cyclic N) is 2. The first kappa shape index (κ1) is 18.2. The van der Waals surface area contributed by atoms with E-state index in [-0.39, 0.29) is 6.10 Å². The Bertz CT molecular complexity index is 461. The molecule has 0 bridgehead atoms. The Balaban J connectivity index is 1.67. The van der Waals surface area contributed by atoms with Crippen LogP contribution in [0.3, 0.4) is 0 Å². The molecule has 5 heteroatoms. The highest BCUT2D eigenvalue weighted by atomic mass is 16.5. The molecule has 1 saturated heterocycles. The fraction of sp³-hybridized carbons (Fsp3) is 0.667. The summed E-state index contributed by atoms with van der Waals surface area (Å²) in [6.07, 6.45) is 0.0897. The van der Waals surface area contributed by atoms with Gasteiger partial charge in [0.25, 0.3) is 0 Å². The van der Waals surface area contributed by atoms with Gasteiger partial charge in [-0.3, -0.25) is 9.80 Å². The van der Waals surface area contributed by atoms with E-state index in [1.165, 1.54) is 0 Å². The van der Waals surface area contributed by atoms with Gasteiger partial charge in [0, 0.05) is 39.3 Å². The molecule has 2 unspecified atom stereocenters. The van der Waals surface area contributed by atoms with Gasteiger partial charge in [0.1, 0.15) is 18.5 Å². The summed E-state index contributed by atoms with van der Waals surface area (Å²) in [6, 6.07) is 7.86. The van der Waals surface area contributed by atoms with Gasteiger partial charge in [0.2, 0.25) is 0 Å². The zero-order chi connectivity index (χ0) is 16.7. The number of para-hydroxylation sites is 1. The Morgan fingerprint density at radius 3 is 2.13 bits per heavy atom. The first-order chi connectivity index (χ1) is 11.1. The van der Waals surface area contributed by atoms with Crippen molar-refractivity contribution in [2.45, 2.75) is 32.5 Å². The molecular weight excluding hydrogens is 292 g/mol. The fourth-order valence-corrected chi connectivity index (χ4v) is 2.84. The van der Waals surface area contributed by atoms with E-state index in [4.69, 9.17) is 4.74 Å².